The lowest BCUT2D eigenvalue weighted by Crippen LogP contribution is -2.33. The van der Waals surface area contributed by atoms with Crippen LogP contribution in [0.15, 0.2) is 22.7 Å². The highest BCUT2D eigenvalue weighted by Crippen LogP contribution is 2.18. The number of anilines is 1. The van der Waals surface area contributed by atoms with Gasteiger partial charge in [0, 0.05) is 30.2 Å². The van der Waals surface area contributed by atoms with Crippen LogP contribution in [-0.2, 0) is 4.79 Å². The van der Waals surface area contributed by atoms with E-state index in [1.54, 1.807) is 18.2 Å². The van der Waals surface area contributed by atoms with Crippen molar-refractivity contribution in [3.8, 4) is 0 Å². The Balaban J connectivity index is 2.50. The van der Waals surface area contributed by atoms with Crippen molar-refractivity contribution in [2.75, 3.05) is 18.8 Å². The zero-order chi connectivity index (χ0) is 12.8. The molecule has 0 atom stereocenters. The first-order chi connectivity index (χ1) is 8.00. The van der Waals surface area contributed by atoms with Crippen molar-refractivity contribution in [1.82, 2.24) is 10.6 Å². The average molecular weight is 300 g/mol. The van der Waals surface area contributed by atoms with Gasteiger partial charge in [-0.15, -0.1) is 0 Å². The molecule has 92 valence electrons. The summed E-state index contributed by atoms with van der Waals surface area (Å²) in [7, 11) is 0. The van der Waals surface area contributed by atoms with E-state index in [2.05, 4.69) is 26.6 Å². The Morgan fingerprint density at radius 2 is 1.94 bits per heavy atom. The maximum atomic E-state index is 11.7. The minimum atomic E-state index is -0.250. The quantitative estimate of drug-likeness (QED) is 0.570. The Hall–Kier alpha value is -1.56. The van der Waals surface area contributed by atoms with E-state index in [1.807, 2.05) is 0 Å². The van der Waals surface area contributed by atoms with Gasteiger partial charge in [0.2, 0.25) is 5.91 Å². The molecule has 0 spiro atoms. The van der Waals surface area contributed by atoms with Crippen LogP contribution in [0.1, 0.15) is 17.3 Å². The lowest BCUT2D eigenvalue weighted by atomic mass is 10.1. The molecule has 6 heteroatoms. The van der Waals surface area contributed by atoms with Crippen molar-refractivity contribution in [3.05, 3.63) is 28.2 Å². The summed E-state index contributed by atoms with van der Waals surface area (Å²) < 4.78 is 0.824. The van der Waals surface area contributed by atoms with E-state index >= 15 is 0 Å². The molecular formula is C11H14BrN3O2. The van der Waals surface area contributed by atoms with Crippen LogP contribution >= 0.6 is 15.9 Å². The van der Waals surface area contributed by atoms with Gasteiger partial charge in [-0.25, -0.2) is 0 Å². The summed E-state index contributed by atoms with van der Waals surface area (Å²) in [5.41, 5.74) is 6.55. The summed E-state index contributed by atoms with van der Waals surface area (Å²) in [6, 6.07) is 5.06. The van der Waals surface area contributed by atoms with E-state index in [9.17, 15) is 9.59 Å². The number of hydrogen-bond acceptors (Lipinski definition) is 3. The second-order valence-corrected chi connectivity index (χ2v) is 4.39. The van der Waals surface area contributed by atoms with E-state index in [0.29, 0.717) is 24.3 Å². The van der Waals surface area contributed by atoms with Gasteiger partial charge in [-0.2, -0.15) is 0 Å². The monoisotopic (exact) mass is 299 g/mol. The van der Waals surface area contributed by atoms with Crippen LogP contribution in [-0.4, -0.2) is 24.9 Å². The van der Waals surface area contributed by atoms with E-state index in [0.717, 1.165) is 4.47 Å². The molecule has 0 aliphatic heterocycles. The molecule has 0 saturated heterocycles. The van der Waals surface area contributed by atoms with Crippen molar-refractivity contribution in [3.63, 3.8) is 0 Å². The molecule has 0 radical (unpaired) electrons. The van der Waals surface area contributed by atoms with Crippen LogP contribution in [0.3, 0.4) is 0 Å². The Bertz CT molecular complexity index is 435. The topological polar surface area (TPSA) is 84.2 Å². The minimum absolute atomic E-state index is 0.123. The molecule has 5 nitrogen and oxygen atoms in total. The number of amides is 2. The van der Waals surface area contributed by atoms with Crippen LogP contribution in [0.5, 0.6) is 0 Å². The maximum absolute atomic E-state index is 11.7. The number of carbonyl (C=O) groups excluding carboxylic acids is 2. The third-order valence-electron chi connectivity index (χ3n) is 2.04. The molecule has 17 heavy (non-hydrogen) atoms. The van der Waals surface area contributed by atoms with E-state index in [1.165, 1.54) is 6.92 Å². The molecule has 0 aliphatic rings. The molecule has 0 saturated carbocycles. The predicted octanol–water partition coefficient (Wildman–Crippen LogP) is 0.897. The second kappa shape index (κ2) is 6.24. The first kappa shape index (κ1) is 13.5. The highest BCUT2D eigenvalue weighted by Gasteiger charge is 2.08. The van der Waals surface area contributed by atoms with Crippen molar-refractivity contribution >= 4 is 33.4 Å². The fourth-order valence-corrected chi connectivity index (χ4v) is 1.63. The van der Waals surface area contributed by atoms with Crippen molar-refractivity contribution in [1.29, 1.82) is 0 Å². The Morgan fingerprint density at radius 1 is 1.29 bits per heavy atom. The minimum Gasteiger partial charge on any atom is -0.398 e. The Kier molecular flexibility index (Phi) is 4.96. The highest BCUT2D eigenvalue weighted by atomic mass is 79.9. The molecule has 1 rings (SSSR count). The van der Waals surface area contributed by atoms with Gasteiger partial charge in [-0.1, -0.05) is 15.9 Å². The van der Waals surface area contributed by atoms with Gasteiger partial charge in [0.05, 0.1) is 5.56 Å². The fourth-order valence-electron chi connectivity index (χ4n) is 1.25. The molecule has 1 aromatic carbocycles. The summed E-state index contributed by atoms with van der Waals surface area (Å²) in [5.74, 6) is -0.372. The first-order valence-corrected chi connectivity index (χ1v) is 5.87. The van der Waals surface area contributed by atoms with Crippen molar-refractivity contribution < 1.29 is 9.59 Å². The maximum Gasteiger partial charge on any atom is 0.253 e. The third-order valence-corrected chi connectivity index (χ3v) is 2.54. The number of hydrogen-bond donors (Lipinski definition) is 3. The third kappa shape index (κ3) is 4.44. The Labute approximate surface area is 108 Å². The largest absolute Gasteiger partial charge is 0.398 e. The normalized spacial score (nSPS) is 9.76. The molecule has 0 fully saturated rings. The van der Waals surface area contributed by atoms with E-state index in [-0.39, 0.29) is 11.8 Å². The molecule has 2 amide bonds. The summed E-state index contributed by atoms with van der Waals surface area (Å²) in [6.07, 6.45) is 0. The number of rotatable bonds is 4. The van der Waals surface area contributed by atoms with Gasteiger partial charge >= 0.3 is 0 Å². The van der Waals surface area contributed by atoms with Crippen LogP contribution in [0.2, 0.25) is 0 Å². The number of nitrogens with two attached hydrogens (primary N) is 1. The smallest absolute Gasteiger partial charge is 0.253 e. The molecule has 0 aliphatic carbocycles. The zero-order valence-corrected chi connectivity index (χ0v) is 11.0. The SMILES string of the molecule is CC(=O)NCCNC(=O)c1ccc(Br)cc1N. The van der Waals surface area contributed by atoms with Gasteiger partial charge in [0.1, 0.15) is 0 Å². The summed E-state index contributed by atoms with van der Waals surface area (Å²) in [6.45, 7) is 2.19. The molecular weight excluding hydrogens is 286 g/mol. The van der Waals surface area contributed by atoms with Gasteiger partial charge in [0.25, 0.3) is 5.91 Å². The number of carbonyl (C=O) groups is 2. The standard InChI is InChI=1S/C11H14BrN3O2/c1-7(16)14-4-5-15-11(17)9-3-2-8(12)6-10(9)13/h2-3,6H,4-5,13H2,1H3,(H,14,16)(H,15,17). The lowest BCUT2D eigenvalue weighted by Gasteiger charge is -2.08. The molecule has 0 heterocycles. The average Bonchev–Trinajstić information content (AvgIpc) is 2.23. The number of nitrogen functional groups attached to an aromatic ring is 1. The van der Waals surface area contributed by atoms with Crippen molar-refractivity contribution in [2.24, 2.45) is 0 Å². The predicted molar refractivity (Wildman–Crippen MR) is 69.6 cm³/mol. The van der Waals surface area contributed by atoms with Crippen molar-refractivity contribution in [2.45, 2.75) is 6.92 Å². The van der Waals surface area contributed by atoms with Crippen LogP contribution in [0.25, 0.3) is 0 Å². The fraction of sp³-hybridized carbons (Fsp3) is 0.273. The molecule has 0 aromatic heterocycles. The number of nitrogens with one attached hydrogen (secondary N) is 2. The summed E-state index contributed by atoms with van der Waals surface area (Å²) in [5, 5.41) is 5.25. The second-order valence-electron chi connectivity index (χ2n) is 3.47. The van der Waals surface area contributed by atoms with Gasteiger partial charge in [-0.05, 0) is 18.2 Å². The van der Waals surface area contributed by atoms with Crippen LogP contribution in [0.4, 0.5) is 5.69 Å². The lowest BCUT2D eigenvalue weighted by molar-refractivity contribution is -0.118. The molecule has 0 bridgehead atoms. The van der Waals surface area contributed by atoms with Crippen LogP contribution < -0.4 is 16.4 Å². The molecule has 1 aromatic rings. The Morgan fingerprint density at radius 3 is 2.53 bits per heavy atom. The van der Waals surface area contributed by atoms with Gasteiger partial charge in [-0.3, -0.25) is 9.59 Å². The molecule has 4 N–H and O–H groups in total. The first-order valence-electron chi connectivity index (χ1n) is 5.08. The van der Waals surface area contributed by atoms with E-state index < -0.39 is 0 Å². The van der Waals surface area contributed by atoms with Gasteiger partial charge < -0.3 is 16.4 Å². The number of halogens is 1. The zero-order valence-electron chi connectivity index (χ0n) is 9.42. The summed E-state index contributed by atoms with van der Waals surface area (Å²) >= 11 is 3.27. The highest BCUT2D eigenvalue weighted by molar-refractivity contribution is 9.10. The van der Waals surface area contributed by atoms with Crippen LogP contribution in [0, 0.1) is 0 Å². The molecule has 0 unspecified atom stereocenters. The van der Waals surface area contributed by atoms with Gasteiger partial charge in [0.15, 0.2) is 0 Å². The number of benzene rings is 1. The van der Waals surface area contributed by atoms with E-state index in [4.69, 9.17) is 5.73 Å². The summed E-state index contributed by atoms with van der Waals surface area (Å²) in [4.78, 5) is 22.3.